The molecule has 1 aromatic rings. The van der Waals surface area contributed by atoms with E-state index in [0.717, 1.165) is 30.5 Å². The average molecular weight is 269 g/mol. The molecule has 0 bridgehead atoms. The van der Waals surface area contributed by atoms with Crippen LogP contribution in [-0.2, 0) is 6.54 Å². The Morgan fingerprint density at radius 3 is 2.78 bits per heavy atom. The largest absolute Gasteiger partial charge is 0.398 e. The van der Waals surface area contributed by atoms with Gasteiger partial charge < -0.3 is 10.8 Å². The molecule has 4 heteroatoms. The van der Waals surface area contributed by atoms with Crippen molar-refractivity contribution in [2.24, 2.45) is 0 Å². The Labute approximate surface area is 114 Å². The van der Waals surface area contributed by atoms with Gasteiger partial charge in [-0.25, -0.2) is 0 Å². The molecule has 100 valence electrons. The second-order valence-corrected chi connectivity index (χ2v) is 5.55. The highest BCUT2D eigenvalue weighted by Crippen LogP contribution is 2.27. The number of aliphatic hydroxyl groups excluding tert-OH is 1. The summed E-state index contributed by atoms with van der Waals surface area (Å²) < 4.78 is 0. The Morgan fingerprint density at radius 1 is 1.39 bits per heavy atom. The van der Waals surface area contributed by atoms with Crippen molar-refractivity contribution in [3.8, 4) is 0 Å². The van der Waals surface area contributed by atoms with E-state index in [9.17, 15) is 5.11 Å². The van der Waals surface area contributed by atoms with Crippen LogP contribution >= 0.6 is 11.6 Å². The number of aliphatic hydroxyl groups is 1. The van der Waals surface area contributed by atoms with Gasteiger partial charge in [-0.2, -0.15) is 0 Å². The van der Waals surface area contributed by atoms with Crippen molar-refractivity contribution in [3.05, 3.63) is 28.8 Å². The van der Waals surface area contributed by atoms with Gasteiger partial charge in [-0.3, -0.25) is 4.90 Å². The van der Waals surface area contributed by atoms with Gasteiger partial charge in [0, 0.05) is 28.9 Å². The highest BCUT2D eigenvalue weighted by molar-refractivity contribution is 6.31. The van der Waals surface area contributed by atoms with Crippen LogP contribution in [0.4, 0.5) is 5.69 Å². The van der Waals surface area contributed by atoms with Crippen molar-refractivity contribution in [3.63, 3.8) is 0 Å². The maximum Gasteiger partial charge on any atom is 0.0695 e. The lowest BCUT2D eigenvalue weighted by Crippen LogP contribution is -2.43. The minimum absolute atomic E-state index is 0.217. The van der Waals surface area contributed by atoms with Crippen molar-refractivity contribution in [1.82, 2.24) is 4.90 Å². The van der Waals surface area contributed by atoms with E-state index in [2.05, 4.69) is 4.90 Å². The highest BCUT2D eigenvalue weighted by atomic mass is 35.5. The van der Waals surface area contributed by atoms with E-state index in [4.69, 9.17) is 17.3 Å². The molecule has 0 amide bonds. The van der Waals surface area contributed by atoms with E-state index < -0.39 is 0 Å². The van der Waals surface area contributed by atoms with Crippen molar-refractivity contribution in [1.29, 1.82) is 0 Å². The zero-order valence-electron chi connectivity index (χ0n) is 10.8. The van der Waals surface area contributed by atoms with Crippen molar-refractivity contribution in [2.45, 2.75) is 44.4 Å². The van der Waals surface area contributed by atoms with E-state index in [0.29, 0.717) is 11.6 Å². The van der Waals surface area contributed by atoms with Crippen LogP contribution in [0.3, 0.4) is 0 Å². The van der Waals surface area contributed by atoms with Crippen LogP contribution in [0.1, 0.15) is 31.2 Å². The summed E-state index contributed by atoms with van der Waals surface area (Å²) >= 11 is 6.18. The van der Waals surface area contributed by atoms with E-state index in [1.54, 1.807) is 0 Å². The fraction of sp³-hybridized carbons (Fsp3) is 0.571. The van der Waals surface area contributed by atoms with Crippen LogP contribution in [0, 0.1) is 0 Å². The number of nitrogens with two attached hydrogens (primary N) is 1. The number of rotatable bonds is 3. The van der Waals surface area contributed by atoms with Gasteiger partial charge in [0.2, 0.25) is 0 Å². The fourth-order valence-corrected chi connectivity index (χ4v) is 2.96. The Hall–Kier alpha value is -0.770. The van der Waals surface area contributed by atoms with Crippen LogP contribution in [-0.4, -0.2) is 29.2 Å². The van der Waals surface area contributed by atoms with Gasteiger partial charge >= 0.3 is 0 Å². The lowest BCUT2D eigenvalue weighted by atomic mass is 9.91. The Bertz CT molecular complexity index is 391. The monoisotopic (exact) mass is 268 g/mol. The van der Waals surface area contributed by atoms with Crippen molar-refractivity contribution in [2.75, 3.05) is 12.8 Å². The first-order valence-electron chi connectivity index (χ1n) is 6.50. The second kappa shape index (κ2) is 5.91. The predicted molar refractivity (Wildman–Crippen MR) is 75.6 cm³/mol. The van der Waals surface area contributed by atoms with Crippen LogP contribution in [0.5, 0.6) is 0 Å². The summed E-state index contributed by atoms with van der Waals surface area (Å²) in [5.74, 6) is 0. The van der Waals surface area contributed by atoms with Crippen molar-refractivity contribution < 1.29 is 5.11 Å². The summed E-state index contributed by atoms with van der Waals surface area (Å²) in [6, 6.07) is 5.80. The third-order valence-corrected chi connectivity index (χ3v) is 4.18. The molecule has 1 fully saturated rings. The smallest absolute Gasteiger partial charge is 0.0695 e. The Morgan fingerprint density at radius 2 is 2.11 bits per heavy atom. The zero-order valence-corrected chi connectivity index (χ0v) is 11.5. The number of benzene rings is 1. The summed E-state index contributed by atoms with van der Waals surface area (Å²) in [6.07, 6.45) is 4.02. The third-order valence-electron chi connectivity index (χ3n) is 3.82. The topological polar surface area (TPSA) is 49.5 Å². The number of halogens is 1. The van der Waals surface area contributed by atoms with Crippen molar-refractivity contribution >= 4 is 17.3 Å². The maximum atomic E-state index is 10.1. The molecule has 3 nitrogen and oxygen atoms in total. The summed E-state index contributed by atoms with van der Waals surface area (Å²) in [6.45, 7) is 0.688. The Kier molecular flexibility index (Phi) is 4.49. The molecule has 2 atom stereocenters. The molecular weight excluding hydrogens is 248 g/mol. The van der Waals surface area contributed by atoms with Gasteiger partial charge in [-0.15, -0.1) is 0 Å². The summed E-state index contributed by atoms with van der Waals surface area (Å²) in [4.78, 5) is 2.17. The molecule has 18 heavy (non-hydrogen) atoms. The highest BCUT2D eigenvalue weighted by Gasteiger charge is 2.27. The molecule has 0 aliphatic heterocycles. The number of nitrogens with zero attached hydrogens (tertiary/aromatic N) is 1. The van der Waals surface area contributed by atoms with Crippen LogP contribution in [0.2, 0.25) is 5.02 Å². The average Bonchev–Trinajstić information content (AvgIpc) is 2.34. The standard InChI is InChI=1S/C14H21ClN2O/c1-17(13-7-2-3-8-14(13)18)9-10-11(15)5-4-6-12(10)16/h4-6,13-14,18H,2-3,7-9,16H2,1H3. The first-order chi connectivity index (χ1) is 8.59. The molecule has 1 aromatic carbocycles. The van der Waals surface area contributed by atoms with E-state index in [-0.39, 0.29) is 12.1 Å². The Balaban J connectivity index is 2.08. The minimum atomic E-state index is -0.229. The molecular formula is C14H21ClN2O. The molecule has 2 unspecified atom stereocenters. The summed E-state index contributed by atoms with van der Waals surface area (Å²) in [5.41, 5.74) is 7.64. The number of hydrogen-bond acceptors (Lipinski definition) is 3. The van der Waals surface area contributed by atoms with Gasteiger partial charge in [0.25, 0.3) is 0 Å². The lowest BCUT2D eigenvalue weighted by Gasteiger charge is -2.35. The molecule has 1 saturated carbocycles. The number of likely N-dealkylation sites (N-methyl/N-ethyl adjacent to an activating group) is 1. The molecule has 1 aliphatic carbocycles. The molecule has 2 rings (SSSR count). The molecule has 0 saturated heterocycles. The third kappa shape index (κ3) is 2.97. The van der Waals surface area contributed by atoms with Crippen LogP contribution in [0.15, 0.2) is 18.2 Å². The zero-order chi connectivity index (χ0) is 13.1. The van der Waals surface area contributed by atoms with Crippen LogP contribution < -0.4 is 5.73 Å². The van der Waals surface area contributed by atoms with Gasteiger partial charge in [0.05, 0.1) is 6.10 Å². The molecule has 3 N–H and O–H groups in total. The van der Waals surface area contributed by atoms with Crippen LogP contribution in [0.25, 0.3) is 0 Å². The minimum Gasteiger partial charge on any atom is -0.398 e. The first kappa shape index (κ1) is 13.7. The quantitative estimate of drug-likeness (QED) is 0.829. The second-order valence-electron chi connectivity index (χ2n) is 5.14. The molecule has 0 spiro atoms. The SMILES string of the molecule is CN(Cc1c(N)cccc1Cl)C1CCCCC1O. The summed E-state index contributed by atoms with van der Waals surface area (Å²) in [5, 5.41) is 10.8. The molecule has 0 radical (unpaired) electrons. The lowest BCUT2D eigenvalue weighted by molar-refractivity contribution is 0.0289. The number of hydrogen-bond donors (Lipinski definition) is 2. The maximum absolute atomic E-state index is 10.1. The first-order valence-corrected chi connectivity index (χ1v) is 6.88. The number of anilines is 1. The van der Waals surface area contributed by atoms with Gasteiger partial charge in [0.15, 0.2) is 0 Å². The molecule has 1 aliphatic rings. The number of nitrogen functional groups attached to an aromatic ring is 1. The fourth-order valence-electron chi connectivity index (χ4n) is 2.71. The van der Waals surface area contributed by atoms with E-state index in [1.165, 1.54) is 6.42 Å². The summed E-state index contributed by atoms with van der Waals surface area (Å²) in [7, 11) is 2.03. The van der Waals surface area contributed by atoms with E-state index in [1.807, 2.05) is 25.2 Å². The molecule has 0 aromatic heterocycles. The van der Waals surface area contributed by atoms with E-state index >= 15 is 0 Å². The van der Waals surface area contributed by atoms with Gasteiger partial charge in [-0.1, -0.05) is 30.5 Å². The van der Waals surface area contributed by atoms with Gasteiger partial charge in [0.1, 0.15) is 0 Å². The predicted octanol–water partition coefficient (Wildman–Crippen LogP) is 2.66. The molecule has 0 heterocycles. The van der Waals surface area contributed by atoms with Gasteiger partial charge in [-0.05, 0) is 32.0 Å². The normalized spacial score (nSPS) is 24.4.